The number of hydrogen-bond donors (Lipinski definition) is 1. The maximum Gasteiger partial charge on any atom is 0.0902 e. The van der Waals surface area contributed by atoms with Crippen molar-refractivity contribution in [3.05, 3.63) is 61.3 Å². The Bertz CT molecular complexity index is 420. The molecule has 14 heavy (non-hydrogen) atoms. The number of furan rings is 1. The molecule has 0 aliphatic carbocycles. The summed E-state index contributed by atoms with van der Waals surface area (Å²) >= 11 is 0. The molecule has 0 spiro atoms. The average Bonchev–Trinajstić information content (AvgIpc) is 2.92. The zero-order chi connectivity index (χ0) is 9.64. The van der Waals surface area contributed by atoms with E-state index in [1.807, 2.05) is 36.7 Å². The van der Waals surface area contributed by atoms with E-state index in [2.05, 4.69) is 21.5 Å². The highest BCUT2D eigenvalue weighted by Crippen LogP contribution is 2.10. The van der Waals surface area contributed by atoms with Gasteiger partial charge in [0.05, 0.1) is 12.5 Å². The van der Waals surface area contributed by atoms with Gasteiger partial charge >= 0.3 is 0 Å². The average molecular weight is 185 g/mol. The van der Waals surface area contributed by atoms with Gasteiger partial charge in [-0.3, -0.25) is 0 Å². The molecule has 0 amide bonds. The predicted octanol–water partition coefficient (Wildman–Crippen LogP) is 3.45. The molecule has 3 aromatic rings. The summed E-state index contributed by atoms with van der Waals surface area (Å²) in [7, 11) is 0. The SMILES string of the molecule is c1ccc2c[nH]cc2c1.c1ccoc1. The molecule has 2 aromatic heterocycles. The second kappa shape index (κ2) is 4.33. The van der Waals surface area contributed by atoms with Crippen LogP contribution in [0.15, 0.2) is 65.7 Å². The zero-order valence-electron chi connectivity index (χ0n) is 7.68. The minimum absolute atomic E-state index is 1.28. The molecule has 70 valence electrons. The highest BCUT2D eigenvalue weighted by molar-refractivity contribution is 5.81. The lowest BCUT2D eigenvalue weighted by Crippen LogP contribution is -1.57. The van der Waals surface area contributed by atoms with E-state index in [1.54, 1.807) is 12.5 Å². The molecule has 0 saturated carbocycles. The van der Waals surface area contributed by atoms with Crippen LogP contribution in [0.4, 0.5) is 0 Å². The predicted molar refractivity (Wildman–Crippen MR) is 57.0 cm³/mol. The van der Waals surface area contributed by atoms with Crippen molar-refractivity contribution < 1.29 is 4.42 Å². The Kier molecular flexibility index (Phi) is 2.67. The first-order valence-electron chi connectivity index (χ1n) is 4.45. The Balaban J connectivity index is 0.000000128. The molecule has 0 unspecified atom stereocenters. The Morgan fingerprint density at radius 3 is 1.79 bits per heavy atom. The summed E-state index contributed by atoms with van der Waals surface area (Å²) in [5.41, 5.74) is 0. The minimum atomic E-state index is 1.28. The van der Waals surface area contributed by atoms with Crippen LogP contribution in [-0.4, -0.2) is 4.98 Å². The normalized spacial score (nSPS) is 9.43. The molecule has 0 saturated heterocycles. The van der Waals surface area contributed by atoms with Crippen molar-refractivity contribution in [2.24, 2.45) is 0 Å². The first-order valence-corrected chi connectivity index (χ1v) is 4.45. The molecule has 2 nitrogen and oxygen atoms in total. The molecule has 0 fully saturated rings. The number of nitrogens with one attached hydrogen (secondary N) is 1. The minimum Gasteiger partial charge on any atom is -0.473 e. The van der Waals surface area contributed by atoms with E-state index in [0.29, 0.717) is 0 Å². The van der Waals surface area contributed by atoms with Gasteiger partial charge in [0.25, 0.3) is 0 Å². The van der Waals surface area contributed by atoms with Crippen molar-refractivity contribution in [1.82, 2.24) is 4.98 Å². The second-order valence-electron chi connectivity index (χ2n) is 2.88. The molecule has 0 bridgehead atoms. The Morgan fingerprint density at radius 1 is 0.786 bits per heavy atom. The lowest BCUT2D eigenvalue weighted by molar-refractivity contribution is 0.567. The van der Waals surface area contributed by atoms with Crippen LogP contribution in [0, 0.1) is 0 Å². The Morgan fingerprint density at radius 2 is 1.36 bits per heavy atom. The summed E-state index contributed by atoms with van der Waals surface area (Å²) in [6.45, 7) is 0. The molecule has 3 rings (SSSR count). The van der Waals surface area contributed by atoms with E-state index in [1.165, 1.54) is 10.8 Å². The first-order chi connectivity index (χ1) is 6.97. The van der Waals surface area contributed by atoms with E-state index >= 15 is 0 Å². The van der Waals surface area contributed by atoms with E-state index < -0.39 is 0 Å². The van der Waals surface area contributed by atoms with Crippen molar-refractivity contribution in [2.75, 3.05) is 0 Å². The van der Waals surface area contributed by atoms with Crippen molar-refractivity contribution >= 4 is 10.8 Å². The number of aromatic nitrogens is 1. The number of benzene rings is 1. The van der Waals surface area contributed by atoms with Crippen LogP contribution in [0.5, 0.6) is 0 Å². The first kappa shape index (κ1) is 8.63. The van der Waals surface area contributed by atoms with Crippen molar-refractivity contribution in [1.29, 1.82) is 0 Å². The third-order valence-corrected chi connectivity index (χ3v) is 1.90. The smallest absolute Gasteiger partial charge is 0.0902 e. The lowest BCUT2D eigenvalue weighted by Gasteiger charge is -1.81. The number of rotatable bonds is 0. The molecule has 1 N–H and O–H groups in total. The fourth-order valence-electron chi connectivity index (χ4n) is 1.22. The van der Waals surface area contributed by atoms with Gasteiger partial charge < -0.3 is 9.40 Å². The molecule has 0 atom stereocenters. The molecular formula is C12H11NO. The number of aromatic amines is 1. The second-order valence-corrected chi connectivity index (χ2v) is 2.88. The van der Waals surface area contributed by atoms with Crippen LogP contribution in [0.1, 0.15) is 0 Å². The summed E-state index contributed by atoms with van der Waals surface area (Å²) in [4.78, 5) is 3.04. The topological polar surface area (TPSA) is 28.9 Å². The van der Waals surface area contributed by atoms with Crippen LogP contribution in [0.25, 0.3) is 10.8 Å². The standard InChI is InChI=1S/C8H7N.C4H4O/c1-2-4-8-6-9-5-7(8)3-1;1-2-4-5-3-1/h1-6,9H;1-4H. The van der Waals surface area contributed by atoms with Crippen molar-refractivity contribution in [3.8, 4) is 0 Å². The molecule has 0 aliphatic heterocycles. The fraction of sp³-hybridized carbons (Fsp3) is 0. The van der Waals surface area contributed by atoms with Crippen LogP contribution in [-0.2, 0) is 0 Å². The summed E-state index contributed by atoms with van der Waals surface area (Å²) in [6, 6.07) is 11.9. The summed E-state index contributed by atoms with van der Waals surface area (Å²) in [5, 5.41) is 2.55. The monoisotopic (exact) mass is 185 g/mol. The Hall–Kier alpha value is -1.96. The van der Waals surface area contributed by atoms with Gasteiger partial charge in [0.2, 0.25) is 0 Å². The molecule has 0 radical (unpaired) electrons. The van der Waals surface area contributed by atoms with Crippen LogP contribution in [0.3, 0.4) is 0 Å². The quantitative estimate of drug-likeness (QED) is 0.571. The molecule has 2 heteroatoms. The molecular weight excluding hydrogens is 174 g/mol. The summed E-state index contributed by atoms with van der Waals surface area (Å²) in [5.74, 6) is 0. The van der Waals surface area contributed by atoms with Crippen LogP contribution in [0.2, 0.25) is 0 Å². The lowest BCUT2D eigenvalue weighted by atomic mass is 10.2. The van der Waals surface area contributed by atoms with E-state index in [4.69, 9.17) is 0 Å². The third-order valence-electron chi connectivity index (χ3n) is 1.90. The summed E-state index contributed by atoms with van der Waals surface area (Å²) in [6.07, 6.45) is 7.24. The largest absolute Gasteiger partial charge is 0.473 e. The highest BCUT2D eigenvalue weighted by atomic mass is 16.3. The van der Waals surface area contributed by atoms with Gasteiger partial charge in [0, 0.05) is 12.4 Å². The van der Waals surface area contributed by atoms with Gasteiger partial charge in [-0.15, -0.1) is 0 Å². The van der Waals surface area contributed by atoms with Gasteiger partial charge in [-0.05, 0) is 22.9 Å². The maximum atomic E-state index is 4.58. The molecule has 0 aliphatic rings. The fourth-order valence-corrected chi connectivity index (χ4v) is 1.22. The van der Waals surface area contributed by atoms with E-state index in [0.717, 1.165) is 0 Å². The maximum absolute atomic E-state index is 4.58. The number of hydrogen-bond acceptors (Lipinski definition) is 1. The summed E-state index contributed by atoms with van der Waals surface area (Å²) < 4.78 is 4.58. The zero-order valence-corrected chi connectivity index (χ0v) is 7.68. The van der Waals surface area contributed by atoms with Gasteiger partial charge in [0.1, 0.15) is 0 Å². The number of fused-ring (bicyclic) bond motifs is 1. The van der Waals surface area contributed by atoms with E-state index in [9.17, 15) is 0 Å². The molecule has 2 heterocycles. The van der Waals surface area contributed by atoms with Crippen LogP contribution >= 0.6 is 0 Å². The van der Waals surface area contributed by atoms with Gasteiger partial charge in [0.15, 0.2) is 0 Å². The Labute approximate surface area is 82.2 Å². The van der Waals surface area contributed by atoms with Crippen LogP contribution < -0.4 is 0 Å². The highest BCUT2D eigenvalue weighted by Gasteiger charge is 1.86. The third kappa shape index (κ3) is 2.04. The molecule has 1 aromatic carbocycles. The van der Waals surface area contributed by atoms with Crippen molar-refractivity contribution in [3.63, 3.8) is 0 Å². The van der Waals surface area contributed by atoms with Crippen molar-refractivity contribution in [2.45, 2.75) is 0 Å². The van der Waals surface area contributed by atoms with Gasteiger partial charge in [-0.1, -0.05) is 24.3 Å². The van der Waals surface area contributed by atoms with Gasteiger partial charge in [-0.2, -0.15) is 0 Å². The van der Waals surface area contributed by atoms with E-state index in [-0.39, 0.29) is 0 Å². The van der Waals surface area contributed by atoms with Gasteiger partial charge in [-0.25, -0.2) is 0 Å². The number of H-pyrrole nitrogens is 1.